The Bertz CT molecular complexity index is 1140. The number of carbonyl (C=O) groups is 1. The summed E-state index contributed by atoms with van der Waals surface area (Å²) in [7, 11) is -1.76. The van der Waals surface area contributed by atoms with E-state index in [0.717, 1.165) is 63.4 Å². The van der Waals surface area contributed by atoms with Gasteiger partial charge in [-0.2, -0.15) is 0 Å². The summed E-state index contributed by atoms with van der Waals surface area (Å²) in [5, 5.41) is 3.33. The summed E-state index contributed by atoms with van der Waals surface area (Å²) in [6.45, 7) is 10.6. The van der Waals surface area contributed by atoms with Gasteiger partial charge in [-0.25, -0.2) is 8.42 Å². The second kappa shape index (κ2) is 11.6. The van der Waals surface area contributed by atoms with Crippen LogP contribution in [-0.2, 0) is 16.4 Å². The third-order valence-electron chi connectivity index (χ3n) is 6.83. The molecule has 0 aromatic heterocycles. The summed E-state index contributed by atoms with van der Waals surface area (Å²) in [5.74, 6) is 0.438. The van der Waals surface area contributed by atoms with E-state index in [9.17, 15) is 13.2 Å². The second-order valence-electron chi connectivity index (χ2n) is 10.3. The van der Waals surface area contributed by atoms with Gasteiger partial charge in [-0.1, -0.05) is 26.0 Å². The molecule has 36 heavy (non-hydrogen) atoms. The van der Waals surface area contributed by atoms with Crippen LogP contribution < -0.4 is 14.9 Å². The molecule has 2 saturated heterocycles. The molecule has 2 aliphatic rings. The summed E-state index contributed by atoms with van der Waals surface area (Å²) in [5.41, 5.74) is 2.86. The van der Waals surface area contributed by atoms with Crippen LogP contribution in [0.25, 0.3) is 0 Å². The van der Waals surface area contributed by atoms with Crippen LogP contribution in [0.2, 0.25) is 0 Å². The molecule has 0 unspecified atom stereocenters. The fourth-order valence-corrected chi connectivity index (χ4v) is 5.91. The van der Waals surface area contributed by atoms with Crippen LogP contribution in [-0.4, -0.2) is 83.5 Å². The summed E-state index contributed by atoms with van der Waals surface area (Å²) in [6.07, 6.45) is 1.82. The van der Waals surface area contributed by atoms with Crippen molar-refractivity contribution in [3.63, 3.8) is 0 Å². The van der Waals surface area contributed by atoms with Crippen LogP contribution >= 0.6 is 0 Å². The van der Waals surface area contributed by atoms with Crippen LogP contribution in [0.4, 0.5) is 11.4 Å². The maximum Gasteiger partial charge on any atom is 0.261 e. The molecule has 2 aromatic rings. The van der Waals surface area contributed by atoms with Gasteiger partial charge in [0.25, 0.3) is 15.9 Å². The largest absolute Gasteiger partial charge is 0.367 e. The summed E-state index contributed by atoms with van der Waals surface area (Å²) in [6, 6.07) is 12.5. The van der Waals surface area contributed by atoms with Crippen molar-refractivity contribution in [2.24, 2.45) is 5.92 Å². The van der Waals surface area contributed by atoms with Gasteiger partial charge in [0, 0.05) is 51.4 Å². The lowest BCUT2D eigenvalue weighted by Crippen LogP contribution is -2.43. The molecule has 0 atom stereocenters. The second-order valence-corrected chi connectivity index (χ2v) is 11.9. The molecule has 2 heterocycles. The first-order valence-electron chi connectivity index (χ1n) is 12.9. The SMILES string of the molecule is CC(C)Cc1ccc(S(=O)(=O)Nc2cc(C(=O)N3CCCN(C)CC3)ccc2N2CCNCC2)cc1. The van der Waals surface area contributed by atoms with E-state index in [-0.39, 0.29) is 10.8 Å². The summed E-state index contributed by atoms with van der Waals surface area (Å²) < 4.78 is 29.6. The molecule has 196 valence electrons. The number of piperazine rings is 1. The summed E-state index contributed by atoms with van der Waals surface area (Å²) in [4.78, 5) is 19.8. The van der Waals surface area contributed by atoms with Gasteiger partial charge in [0.15, 0.2) is 0 Å². The lowest BCUT2D eigenvalue weighted by Gasteiger charge is -2.31. The van der Waals surface area contributed by atoms with Gasteiger partial charge in [0.1, 0.15) is 0 Å². The summed E-state index contributed by atoms with van der Waals surface area (Å²) >= 11 is 0. The molecule has 9 heteroatoms. The Morgan fingerprint density at radius 2 is 1.69 bits per heavy atom. The third-order valence-corrected chi connectivity index (χ3v) is 8.21. The highest BCUT2D eigenvalue weighted by Gasteiger charge is 2.24. The van der Waals surface area contributed by atoms with Gasteiger partial charge < -0.3 is 20.0 Å². The predicted octanol–water partition coefficient (Wildman–Crippen LogP) is 2.87. The standard InChI is InChI=1S/C27H39N5O3S/c1-21(2)19-22-5-8-24(9-6-22)36(34,35)29-25-20-23(7-10-26(25)31-15-11-28-12-16-31)27(33)32-14-4-13-30(3)17-18-32/h5-10,20-21,28-29H,4,11-19H2,1-3H3. The zero-order valence-corrected chi connectivity index (χ0v) is 22.5. The van der Waals surface area contributed by atoms with Gasteiger partial charge >= 0.3 is 0 Å². The van der Waals surface area contributed by atoms with Crippen molar-refractivity contribution in [3.8, 4) is 0 Å². The topological polar surface area (TPSA) is 85.0 Å². The highest BCUT2D eigenvalue weighted by Crippen LogP contribution is 2.31. The first kappa shape index (κ1) is 26.4. The molecule has 2 aliphatic heterocycles. The molecule has 4 rings (SSSR count). The van der Waals surface area contributed by atoms with Crippen molar-refractivity contribution in [2.75, 3.05) is 69.0 Å². The maximum absolute atomic E-state index is 13.4. The van der Waals surface area contributed by atoms with Crippen LogP contribution in [0.3, 0.4) is 0 Å². The third kappa shape index (κ3) is 6.57. The normalized spacial score (nSPS) is 17.8. The average molecular weight is 514 g/mol. The van der Waals surface area contributed by atoms with Gasteiger partial charge in [-0.15, -0.1) is 0 Å². The van der Waals surface area contributed by atoms with E-state index in [2.05, 4.69) is 40.7 Å². The molecule has 2 fully saturated rings. The Kier molecular flexibility index (Phi) is 8.54. The zero-order chi connectivity index (χ0) is 25.7. The Morgan fingerprint density at radius 1 is 0.972 bits per heavy atom. The van der Waals surface area contributed by atoms with Crippen LogP contribution in [0.5, 0.6) is 0 Å². The molecule has 0 aliphatic carbocycles. The van der Waals surface area contributed by atoms with Gasteiger partial charge in [-0.05, 0) is 68.2 Å². The number of nitrogens with zero attached hydrogens (tertiary/aromatic N) is 3. The van der Waals surface area contributed by atoms with Crippen LogP contribution in [0.15, 0.2) is 47.4 Å². The number of benzene rings is 2. The lowest BCUT2D eigenvalue weighted by atomic mass is 10.0. The highest BCUT2D eigenvalue weighted by atomic mass is 32.2. The number of carbonyl (C=O) groups excluding carboxylic acids is 1. The Hall–Kier alpha value is -2.62. The minimum atomic E-state index is -3.82. The van der Waals surface area contributed by atoms with Crippen LogP contribution in [0.1, 0.15) is 36.2 Å². The van der Waals surface area contributed by atoms with Crippen molar-refractivity contribution in [1.82, 2.24) is 15.1 Å². The van der Waals surface area contributed by atoms with Crippen molar-refractivity contribution >= 4 is 27.3 Å². The Labute approximate surface area is 215 Å². The Morgan fingerprint density at radius 3 is 2.39 bits per heavy atom. The molecule has 2 N–H and O–H groups in total. The fraction of sp³-hybridized carbons (Fsp3) is 0.519. The molecular weight excluding hydrogens is 474 g/mol. The molecule has 0 spiro atoms. The molecule has 1 amide bonds. The minimum absolute atomic E-state index is 0.0596. The van der Waals surface area contributed by atoms with E-state index in [0.29, 0.717) is 30.3 Å². The molecule has 0 radical (unpaired) electrons. The van der Waals surface area contributed by atoms with Crippen molar-refractivity contribution in [1.29, 1.82) is 0 Å². The van der Waals surface area contributed by atoms with Gasteiger partial charge in [0.05, 0.1) is 16.3 Å². The number of amides is 1. The maximum atomic E-state index is 13.4. The number of sulfonamides is 1. The lowest BCUT2D eigenvalue weighted by molar-refractivity contribution is 0.0763. The van der Waals surface area contributed by atoms with Crippen molar-refractivity contribution in [2.45, 2.75) is 31.6 Å². The number of anilines is 2. The monoisotopic (exact) mass is 513 g/mol. The van der Waals surface area contributed by atoms with Crippen molar-refractivity contribution < 1.29 is 13.2 Å². The highest BCUT2D eigenvalue weighted by molar-refractivity contribution is 7.92. The van der Waals surface area contributed by atoms with E-state index in [1.807, 2.05) is 29.2 Å². The average Bonchev–Trinajstić information content (AvgIpc) is 3.08. The van der Waals surface area contributed by atoms with E-state index in [1.54, 1.807) is 18.2 Å². The van der Waals surface area contributed by atoms with E-state index in [4.69, 9.17) is 0 Å². The number of nitrogens with one attached hydrogen (secondary N) is 2. The van der Waals surface area contributed by atoms with Crippen molar-refractivity contribution in [3.05, 3.63) is 53.6 Å². The van der Waals surface area contributed by atoms with Gasteiger partial charge in [-0.3, -0.25) is 9.52 Å². The molecule has 2 aromatic carbocycles. The first-order chi connectivity index (χ1) is 17.2. The number of hydrogen-bond acceptors (Lipinski definition) is 6. The molecule has 0 bridgehead atoms. The first-order valence-corrected chi connectivity index (χ1v) is 14.4. The molecule has 8 nitrogen and oxygen atoms in total. The van der Waals surface area contributed by atoms with E-state index in [1.165, 1.54) is 0 Å². The minimum Gasteiger partial charge on any atom is -0.367 e. The fourth-order valence-electron chi connectivity index (χ4n) is 4.84. The number of rotatable bonds is 7. The molecular formula is C27H39N5O3S. The van der Waals surface area contributed by atoms with Crippen LogP contribution in [0, 0.1) is 5.92 Å². The quantitative estimate of drug-likeness (QED) is 0.592. The predicted molar refractivity (Wildman–Crippen MR) is 145 cm³/mol. The Balaban J connectivity index is 1.62. The molecule has 0 saturated carbocycles. The number of hydrogen-bond donors (Lipinski definition) is 2. The van der Waals surface area contributed by atoms with E-state index < -0.39 is 10.0 Å². The number of likely N-dealkylation sites (N-methyl/N-ethyl adjacent to an activating group) is 1. The van der Waals surface area contributed by atoms with Gasteiger partial charge in [0.2, 0.25) is 0 Å². The smallest absolute Gasteiger partial charge is 0.261 e. The zero-order valence-electron chi connectivity index (χ0n) is 21.7. The van der Waals surface area contributed by atoms with E-state index >= 15 is 0 Å².